The van der Waals surface area contributed by atoms with Crippen LogP contribution in [0.5, 0.6) is 0 Å². The first-order valence-electron chi connectivity index (χ1n) is 3.60. The summed E-state index contributed by atoms with van der Waals surface area (Å²) in [7, 11) is 1.76. The van der Waals surface area contributed by atoms with Gasteiger partial charge in [0.15, 0.2) is 0 Å². The second-order valence-electron chi connectivity index (χ2n) is 2.24. The normalized spacial score (nSPS) is 13.0. The molecule has 0 aliphatic heterocycles. The summed E-state index contributed by atoms with van der Waals surface area (Å²) in [6.07, 6.45) is 4.74. The van der Waals surface area contributed by atoms with Gasteiger partial charge in [0.2, 0.25) is 6.29 Å². The van der Waals surface area contributed by atoms with Gasteiger partial charge in [0.1, 0.15) is 0 Å². The maximum atomic E-state index is 10.1. The number of likely N-dealkylation sites (N-methyl/N-ethyl adjacent to an activating group) is 1. The van der Waals surface area contributed by atoms with Gasteiger partial charge in [-0.15, -0.1) is 0 Å². The molecule has 10 heavy (non-hydrogen) atoms. The maximum absolute atomic E-state index is 10.1. The summed E-state index contributed by atoms with van der Waals surface area (Å²) in [5.41, 5.74) is 5.28. The van der Waals surface area contributed by atoms with Crippen molar-refractivity contribution in [3.8, 4) is 0 Å². The average Bonchev–Trinajstić information content (AvgIpc) is 1.99. The Labute approximate surface area is 62.0 Å². The molecule has 0 saturated heterocycles. The second kappa shape index (κ2) is 6.71. The van der Waals surface area contributed by atoms with E-state index in [1.54, 1.807) is 7.05 Å². The van der Waals surface area contributed by atoms with Crippen LogP contribution in [0.25, 0.3) is 0 Å². The number of unbranched alkanes of at least 4 members (excludes halogenated alkanes) is 1. The van der Waals surface area contributed by atoms with Gasteiger partial charge in [-0.2, -0.15) is 0 Å². The number of nitrogens with one attached hydrogen (secondary N) is 1. The van der Waals surface area contributed by atoms with Crippen LogP contribution in [-0.2, 0) is 4.79 Å². The first-order chi connectivity index (χ1) is 4.85. The lowest BCUT2D eigenvalue weighted by Crippen LogP contribution is -2.26. The van der Waals surface area contributed by atoms with Crippen LogP contribution in [0, 0.1) is 0 Å². The van der Waals surface area contributed by atoms with Crippen LogP contribution >= 0.6 is 0 Å². The van der Waals surface area contributed by atoms with E-state index in [0.717, 1.165) is 19.3 Å². The first-order valence-corrected chi connectivity index (χ1v) is 3.60. The Morgan fingerprint density at radius 2 is 2.30 bits per heavy atom. The summed E-state index contributed by atoms with van der Waals surface area (Å²) in [5.74, 6) is 0. The summed E-state index contributed by atoms with van der Waals surface area (Å²) in [4.78, 5) is 10.1. The number of hydrogen-bond acceptors (Lipinski definition) is 3. The number of hydrogen-bond donors (Lipinski definition) is 2. The van der Waals surface area contributed by atoms with Gasteiger partial charge in [0.05, 0.1) is 6.04 Å². The highest BCUT2D eigenvalue weighted by molar-refractivity contribution is 5.58. The molecule has 0 aromatic carbocycles. The molecule has 0 unspecified atom stereocenters. The Bertz CT molecular complexity index is 85.7. The standard InChI is InChI=1S/C7H15N2O/c1-9-7(6-10)4-2-3-5-8/h7,9H,2-5,8H2,1H3/t7-/m0/s1. The van der Waals surface area contributed by atoms with Crippen molar-refractivity contribution in [1.82, 2.24) is 5.32 Å². The van der Waals surface area contributed by atoms with E-state index in [1.165, 1.54) is 0 Å². The maximum Gasteiger partial charge on any atom is 0.216 e. The Kier molecular flexibility index (Phi) is 6.43. The van der Waals surface area contributed by atoms with Gasteiger partial charge in [-0.25, -0.2) is 0 Å². The van der Waals surface area contributed by atoms with E-state index in [2.05, 4.69) is 5.32 Å². The summed E-state index contributed by atoms with van der Waals surface area (Å²) in [5, 5.41) is 2.85. The van der Waals surface area contributed by atoms with Gasteiger partial charge in [-0.1, -0.05) is 6.42 Å². The van der Waals surface area contributed by atoms with Crippen molar-refractivity contribution in [3.63, 3.8) is 0 Å². The average molecular weight is 143 g/mol. The van der Waals surface area contributed by atoms with E-state index in [9.17, 15) is 4.79 Å². The van der Waals surface area contributed by atoms with E-state index < -0.39 is 0 Å². The van der Waals surface area contributed by atoms with Crippen LogP contribution in [0.4, 0.5) is 0 Å². The van der Waals surface area contributed by atoms with Crippen LogP contribution in [0.15, 0.2) is 0 Å². The predicted molar refractivity (Wildman–Crippen MR) is 41.4 cm³/mol. The van der Waals surface area contributed by atoms with Crippen molar-refractivity contribution in [3.05, 3.63) is 0 Å². The van der Waals surface area contributed by atoms with E-state index in [1.807, 2.05) is 6.29 Å². The van der Waals surface area contributed by atoms with Crippen LogP contribution in [0.2, 0.25) is 0 Å². The molecule has 1 atom stereocenters. The molecule has 3 nitrogen and oxygen atoms in total. The molecule has 0 spiro atoms. The number of rotatable bonds is 6. The van der Waals surface area contributed by atoms with Gasteiger partial charge in [-0.3, -0.25) is 4.79 Å². The van der Waals surface area contributed by atoms with Crippen LogP contribution < -0.4 is 11.1 Å². The topological polar surface area (TPSA) is 55.1 Å². The quantitative estimate of drug-likeness (QED) is 0.507. The minimum absolute atomic E-state index is 0.105. The molecule has 0 amide bonds. The zero-order valence-corrected chi connectivity index (χ0v) is 6.39. The second-order valence-corrected chi connectivity index (χ2v) is 2.24. The summed E-state index contributed by atoms with van der Waals surface area (Å²) >= 11 is 0. The van der Waals surface area contributed by atoms with Gasteiger partial charge in [-0.05, 0) is 26.4 Å². The largest absolute Gasteiger partial charge is 0.330 e. The molecule has 3 N–H and O–H groups in total. The fourth-order valence-electron chi connectivity index (χ4n) is 0.755. The highest BCUT2D eigenvalue weighted by atomic mass is 16.1. The first kappa shape index (κ1) is 9.59. The van der Waals surface area contributed by atoms with Crippen molar-refractivity contribution in [2.24, 2.45) is 5.73 Å². The fourth-order valence-corrected chi connectivity index (χ4v) is 0.755. The van der Waals surface area contributed by atoms with Crippen molar-refractivity contribution in [1.29, 1.82) is 0 Å². The zero-order valence-electron chi connectivity index (χ0n) is 6.39. The molecule has 1 radical (unpaired) electrons. The lowest BCUT2D eigenvalue weighted by Gasteiger charge is -2.05. The van der Waals surface area contributed by atoms with E-state index in [4.69, 9.17) is 5.73 Å². The van der Waals surface area contributed by atoms with Gasteiger partial charge in [0, 0.05) is 0 Å². The number of carbonyl (C=O) groups excluding carboxylic acids is 1. The number of nitrogens with two attached hydrogens (primary N) is 1. The van der Waals surface area contributed by atoms with Crippen LogP contribution in [0.1, 0.15) is 19.3 Å². The summed E-state index contributed by atoms with van der Waals surface area (Å²) in [6.45, 7) is 0.704. The Morgan fingerprint density at radius 3 is 2.70 bits per heavy atom. The molecule has 0 saturated carbocycles. The molecule has 0 heterocycles. The Morgan fingerprint density at radius 1 is 1.60 bits per heavy atom. The molecule has 0 fully saturated rings. The summed E-state index contributed by atoms with van der Waals surface area (Å²) < 4.78 is 0. The third-order valence-corrected chi connectivity index (χ3v) is 1.44. The molecule has 59 valence electrons. The van der Waals surface area contributed by atoms with Crippen molar-refractivity contribution < 1.29 is 4.79 Å². The Hall–Kier alpha value is -0.410. The van der Waals surface area contributed by atoms with Crippen molar-refractivity contribution >= 4 is 6.29 Å². The van der Waals surface area contributed by atoms with Gasteiger partial charge < -0.3 is 11.1 Å². The lowest BCUT2D eigenvalue weighted by molar-refractivity contribution is 0.507. The van der Waals surface area contributed by atoms with E-state index >= 15 is 0 Å². The molecular weight excluding hydrogens is 128 g/mol. The predicted octanol–water partition coefficient (Wildman–Crippen LogP) is -0.187. The zero-order chi connectivity index (χ0) is 7.82. The monoisotopic (exact) mass is 143 g/mol. The minimum atomic E-state index is -0.105. The van der Waals surface area contributed by atoms with Crippen molar-refractivity contribution in [2.45, 2.75) is 25.3 Å². The van der Waals surface area contributed by atoms with Gasteiger partial charge in [0.25, 0.3) is 0 Å². The molecule has 0 aliphatic rings. The van der Waals surface area contributed by atoms with E-state index in [0.29, 0.717) is 6.54 Å². The molecular formula is C7H15N2O. The molecule has 0 bridgehead atoms. The lowest BCUT2D eigenvalue weighted by atomic mass is 10.1. The molecule has 0 aromatic rings. The molecule has 0 aromatic heterocycles. The van der Waals surface area contributed by atoms with Crippen LogP contribution in [-0.4, -0.2) is 25.9 Å². The van der Waals surface area contributed by atoms with Gasteiger partial charge >= 0.3 is 0 Å². The molecule has 3 heteroatoms. The highest BCUT2D eigenvalue weighted by Crippen LogP contribution is 1.96. The Balaban J connectivity index is 3.17. The fraction of sp³-hybridized carbons (Fsp3) is 0.857. The molecule has 0 aliphatic carbocycles. The minimum Gasteiger partial charge on any atom is -0.330 e. The van der Waals surface area contributed by atoms with Crippen molar-refractivity contribution in [2.75, 3.05) is 13.6 Å². The third-order valence-electron chi connectivity index (χ3n) is 1.44. The third kappa shape index (κ3) is 4.47. The smallest absolute Gasteiger partial charge is 0.216 e. The van der Waals surface area contributed by atoms with E-state index in [-0.39, 0.29) is 6.04 Å². The van der Waals surface area contributed by atoms with Crippen LogP contribution in [0.3, 0.4) is 0 Å². The molecule has 0 rings (SSSR count). The SMILES string of the molecule is CN[C@H]([C]=O)CCCCN. The highest BCUT2D eigenvalue weighted by Gasteiger charge is 2.02. The summed E-state index contributed by atoms with van der Waals surface area (Å²) in [6, 6.07) is -0.105.